The van der Waals surface area contributed by atoms with E-state index in [0.717, 1.165) is 12.1 Å². The number of hydrogen-bond donors (Lipinski definition) is 3. The van der Waals surface area contributed by atoms with E-state index in [1.54, 1.807) is 12.1 Å². The van der Waals surface area contributed by atoms with Crippen molar-refractivity contribution >= 4 is 17.6 Å². The minimum absolute atomic E-state index is 0.0380. The second kappa shape index (κ2) is 7.53. The fourth-order valence-corrected chi connectivity index (χ4v) is 1.72. The average molecular weight is 264 g/mol. The molecular weight excluding hydrogens is 244 g/mol. The number of likely N-dealkylation sites (N-methyl/N-ethyl adjacent to an activating group) is 1. The van der Waals surface area contributed by atoms with Crippen LogP contribution in [0.4, 0.5) is 5.69 Å². The first kappa shape index (κ1) is 15.2. The molecule has 0 saturated carbocycles. The molecule has 1 atom stereocenters. The zero-order valence-corrected chi connectivity index (χ0v) is 11.3. The van der Waals surface area contributed by atoms with Crippen molar-refractivity contribution in [3.8, 4) is 0 Å². The van der Waals surface area contributed by atoms with Gasteiger partial charge in [-0.05, 0) is 30.2 Å². The molecule has 5 nitrogen and oxygen atoms in total. The molecule has 1 rings (SSSR count). The predicted molar refractivity (Wildman–Crippen MR) is 74.3 cm³/mol. The van der Waals surface area contributed by atoms with Crippen molar-refractivity contribution in [2.75, 3.05) is 18.4 Å². The Morgan fingerprint density at radius 3 is 2.42 bits per heavy atom. The van der Waals surface area contributed by atoms with Gasteiger partial charge >= 0.3 is 5.97 Å². The molecule has 0 saturated heterocycles. The predicted octanol–water partition coefficient (Wildman–Crippen LogP) is 1.81. The number of nitrogens with one attached hydrogen (secondary N) is 2. The van der Waals surface area contributed by atoms with E-state index >= 15 is 0 Å². The van der Waals surface area contributed by atoms with Crippen LogP contribution in [-0.2, 0) is 9.59 Å². The Bertz CT molecular complexity index is 429. The Kier molecular flexibility index (Phi) is 6.02. The van der Waals surface area contributed by atoms with Gasteiger partial charge in [0.2, 0.25) is 5.91 Å². The molecule has 1 aromatic carbocycles. The van der Waals surface area contributed by atoms with Crippen LogP contribution in [0.3, 0.4) is 0 Å². The van der Waals surface area contributed by atoms with E-state index in [9.17, 15) is 9.59 Å². The summed E-state index contributed by atoms with van der Waals surface area (Å²) in [6, 6.07) is 7.27. The number of aliphatic carboxylic acids is 1. The van der Waals surface area contributed by atoms with Crippen LogP contribution in [0.25, 0.3) is 0 Å². The molecule has 0 aromatic heterocycles. The smallest absolute Gasteiger partial charge is 0.303 e. The summed E-state index contributed by atoms with van der Waals surface area (Å²) < 4.78 is 0. The van der Waals surface area contributed by atoms with Crippen LogP contribution in [0.15, 0.2) is 24.3 Å². The minimum Gasteiger partial charge on any atom is -0.481 e. The number of rotatable bonds is 7. The van der Waals surface area contributed by atoms with E-state index in [-0.39, 0.29) is 24.8 Å². The van der Waals surface area contributed by atoms with Crippen LogP contribution in [0.1, 0.15) is 31.7 Å². The summed E-state index contributed by atoms with van der Waals surface area (Å²) in [5.41, 5.74) is 1.67. The molecule has 19 heavy (non-hydrogen) atoms. The van der Waals surface area contributed by atoms with Crippen molar-refractivity contribution in [2.24, 2.45) is 0 Å². The van der Waals surface area contributed by atoms with Gasteiger partial charge in [0, 0.05) is 5.69 Å². The molecule has 1 amide bonds. The minimum atomic E-state index is -0.810. The van der Waals surface area contributed by atoms with Crippen LogP contribution >= 0.6 is 0 Å². The highest BCUT2D eigenvalue weighted by Crippen LogP contribution is 2.20. The number of hydrogen-bond acceptors (Lipinski definition) is 3. The van der Waals surface area contributed by atoms with E-state index in [2.05, 4.69) is 10.6 Å². The van der Waals surface area contributed by atoms with Crippen LogP contribution in [0.2, 0.25) is 0 Å². The van der Waals surface area contributed by atoms with Gasteiger partial charge in [0.15, 0.2) is 0 Å². The van der Waals surface area contributed by atoms with E-state index < -0.39 is 5.97 Å². The molecule has 104 valence electrons. The Hall–Kier alpha value is -1.88. The maximum atomic E-state index is 11.5. The monoisotopic (exact) mass is 264 g/mol. The molecular formula is C14H20N2O3. The van der Waals surface area contributed by atoms with Crippen molar-refractivity contribution in [1.29, 1.82) is 0 Å². The highest BCUT2D eigenvalue weighted by molar-refractivity contribution is 5.92. The van der Waals surface area contributed by atoms with Crippen molar-refractivity contribution in [1.82, 2.24) is 5.32 Å². The highest BCUT2D eigenvalue weighted by Gasteiger charge is 2.10. The quantitative estimate of drug-likeness (QED) is 0.702. The lowest BCUT2D eigenvalue weighted by molar-refractivity contribution is -0.137. The summed E-state index contributed by atoms with van der Waals surface area (Å²) in [7, 11) is 0. The lowest BCUT2D eigenvalue weighted by Crippen LogP contribution is -2.27. The van der Waals surface area contributed by atoms with Gasteiger partial charge in [-0.1, -0.05) is 26.0 Å². The molecule has 0 fully saturated rings. The number of carbonyl (C=O) groups excluding carboxylic acids is 1. The topological polar surface area (TPSA) is 78.4 Å². The third-order valence-corrected chi connectivity index (χ3v) is 2.78. The molecule has 0 spiro atoms. The van der Waals surface area contributed by atoms with E-state index in [1.807, 2.05) is 26.0 Å². The van der Waals surface area contributed by atoms with Gasteiger partial charge in [-0.25, -0.2) is 0 Å². The molecule has 0 aliphatic heterocycles. The zero-order valence-electron chi connectivity index (χ0n) is 11.3. The summed E-state index contributed by atoms with van der Waals surface area (Å²) in [5, 5.41) is 14.4. The van der Waals surface area contributed by atoms with Gasteiger partial charge in [0.05, 0.1) is 13.0 Å². The van der Waals surface area contributed by atoms with Gasteiger partial charge in [-0.2, -0.15) is 0 Å². The Labute approximate surface area is 113 Å². The summed E-state index contributed by atoms with van der Waals surface area (Å²) in [5.74, 6) is -0.937. The van der Waals surface area contributed by atoms with Crippen molar-refractivity contribution in [3.63, 3.8) is 0 Å². The first-order valence-electron chi connectivity index (χ1n) is 6.35. The maximum Gasteiger partial charge on any atom is 0.303 e. The van der Waals surface area contributed by atoms with Gasteiger partial charge in [-0.3, -0.25) is 9.59 Å². The summed E-state index contributed by atoms with van der Waals surface area (Å²) >= 11 is 0. The number of anilines is 1. The summed E-state index contributed by atoms with van der Waals surface area (Å²) in [6.45, 7) is 4.84. The standard InChI is InChI=1S/C14H20N2O3/c1-3-15-9-13(17)16-12-6-4-11(5-7-12)10(2)8-14(18)19/h4-7,10,15H,3,8-9H2,1-2H3,(H,16,17)(H,18,19). The molecule has 0 aliphatic rings. The number of benzene rings is 1. The van der Waals surface area contributed by atoms with E-state index in [0.29, 0.717) is 5.69 Å². The first-order chi connectivity index (χ1) is 9.02. The zero-order chi connectivity index (χ0) is 14.3. The molecule has 1 unspecified atom stereocenters. The normalized spacial score (nSPS) is 11.9. The van der Waals surface area contributed by atoms with Crippen LogP contribution in [-0.4, -0.2) is 30.1 Å². The molecule has 0 aliphatic carbocycles. The third-order valence-electron chi connectivity index (χ3n) is 2.78. The van der Waals surface area contributed by atoms with Crippen molar-refractivity contribution in [3.05, 3.63) is 29.8 Å². The van der Waals surface area contributed by atoms with Crippen molar-refractivity contribution in [2.45, 2.75) is 26.2 Å². The Morgan fingerprint density at radius 2 is 1.89 bits per heavy atom. The number of amides is 1. The Morgan fingerprint density at radius 1 is 1.26 bits per heavy atom. The van der Waals surface area contributed by atoms with E-state index in [1.165, 1.54) is 0 Å². The molecule has 0 bridgehead atoms. The van der Waals surface area contributed by atoms with E-state index in [4.69, 9.17) is 5.11 Å². The summed E-state index contributed by atoms with van der Waals surface area (Å²) in [4.78, 5) is 22.1. The lowest BCUT2D eigenvalue weighted by Gasteiger charge is -2.10. The SMILES string of the molecule is CCNCC(=O)Nc1ccc(C(C)CC(=O)O)cc1. The van der Waals surface area contributed by atoms with Crippen molar-refractivity contribution < 1.29 is 14.7 Å². The highest BCUT2D eigenvalue weighted by atomic mass is 16.4. The fourth-order valence-electron chi connectivity index (χ4n) is 1.72. The first-order valence-corrected chi connectivity index (χ1v) is 6.35. The molecule has 0 heterocycles. The van der Waals surface area contributed by atoms with Gasteiger partial charge in [0.1, 0.15) is 0 Å². The van der Waals surface area contributed by atoms with Crippen LogP contribution in [0.5, 0.6) is 0 Å². The molecule has 0 radical (unpaired) electrons. The molecule has 1 aromatic rings. The second-order valence-electron chi connectivity index (χ2n) is 4.45. The van der Waals surface area contributed by atoms with Gasteiger partial charge < -0.3 is 15.7 Å². The average Bonchev–Trinajstić information content (AvgIpc) is 2.36. The van der Waals surface area contributed by atoms with Gasteiger partial charge in [-0.15, -0.1) is 0 Å². The Balaban J connectivity index is 2.56. The lowest BCUT2D eigenvalue weighted by atomic mass is 9.98. The molecule has 3 N–H and O–H groups in total. The van der Waals surface area contributed by atoms with Crippen LogP contribution in [0, 0.1) is 0 Å². The summed E-state index contributed by atoms with van der Waals surface area (Å²) in [6.07, 6.45) is 0.103. The number of carbonyl (C=O) groups is 2. The maximum absolute atomic E-state index is 11.5. The number of carboxylic acid groups (broad SMARTS) is 1. The largest absolute Gasteiger partial charge is 0.481 e. The third kappa shape index (κ3) is 5.52. The van der Waals surface area contributed by atoms with Gasteiger partial charge in [0.25, 0.3) is 0 Å². The molecule has 5 heteroatoms. The van der Waals surface area contributed by atoms with Crippen LogP contribution < -0.4 is 10.6 Å². The fraction of sp³-hybridized carbons (Fsp3) is 0.429. The second-order valence-corrected chi connectivity index (χ2v) is 4.45. The number of carboxylic acids is 1.